The van der Waals surface area contributed by atoms with Gasteiger partial charge in [0.05, 0.1) is 11.7 Å². The summed E-state index contributed by atoms with van der Waals surface area (Å²) in [7, 11) is 0. The van der Waals surface area contributed by atoms with Crippen LogP contribution in [0.3, 0.4) is 0 Å². The molecule has 1 N–H and O–H groups in total. The summed E-state index contributed by atoms with van der Waals surface area (Å²) in [6.45, 7) is 3.84. The number of nitrogens with one attached hydrogen (secondary N) is 1. The second kappa shape index (κ2) is 8.87. The number of halogens is 1. The molecule has 29 heavy (non-hydrogen) atoms. The molecule has 0 saturated heterocycles. The van der Waals surface area contributed by atoms with Crippen molar-refractivity contribution in [1.29, 1.82) is 0 Å². The SMILES string of the molecule is CCCn1c(=O)c(C(=O)N[C@@H](C)c2ccccc2)nn(-c2ccc(Cl)cc2)c1=O. The van der Waals surface area contributed by atoms with Crippen LogP contribution >= 0.6 is 11.6 Å². The number of amides is 1. The van der Waals surface area contributed by atoms with Gasteiger partial charge in [-0.2, -0.15) is 9.78 Å². The number of rotatable bonds is 6. The van der Waals surface area contributed by atoms with E-state index in [1.807, 2.05) is 44.2 Å². The highest BCUT2D eigenvalue weighted by Crippen LogP contribution is 2.13. The van der Waals surface area contributed by atoms with Crippen LogP contribution in [0.5, 0.6) is 0 Å². The summed E-state index contributed by atoms with van der Waals surface area (Å²) in [5, 5.41) is 7.35. The Morgan fingerprint density at radius 2 is 1.76 bits per heavy atom. The van der Waals surface area contributed by atoms with Crippen molar-refractivity contribution in [3.8, 4) is 5.69 Å². The molecule has 0 aliphatic rings. The third kappa shape index (κ3) is 4.46. The van der Waals surface area contributed by atoms with Gasteiger partial charge in [-0.25, -0.2) is 4.79 Å². The van der Waals surface area contributed by atoms with Crippen molar-refractivity contribution < 1.29 is 4.79 Å². The van der Waals surface area contributed by atoms with Gasteiger partial charge in [-0.05, 0) is 43.2 Å². The Labute approximate surface area is 172 Å². The lowest BCUT2D eigenvalue weighted by Gasteiger charge is -2.15. The molecule has 0 spiro atoms. The van der Waals surface area contributed by atoms with E-state index in [0.717, 1.165) is 14.8 Å². The zero-order valence-electron chi connectivity index (χ0n) is 16.1. The molecule has 0 radical (unpaired) electrons. The van der Waals surface area contributed by atoms with E-state index in [0.29, 0.717) is 17.1 Å². The fourth-order valence-electron chi connectivity index (χ4n) is 2.92. The molecule has 1 heterocycles. The molecule has 2 aromatic carbocycles. The molecular formula is C21H21ClN4O3. The monoisotopic (exact) mass is 412 g/mol. The van der Waals surface area contributed by atoms with Crippen molar-refractivity contribution >= 4 is 17.5 Å². The lowest BCUT2D eigenvalue weighted by molar-refractivity contribution is 0.0930. The maximum atomic E-state index is 12.8. The van der Waals surface area contributed by atoms with Gasteiger partial charge in [-0.15, -0.1) is 0 Å². The van der Waals surface area contributed by atoms with Crippen molar-refractivity contribution in [2.24, 2.45) is 0 Å². The minimum absolute atomic E-state index is 0.183. The Kier molecular flexibility index (Phi) is 6.29. The summed E-state index contributed by atoms with van der Waals surface area (Å²) in [4.78, 5) is 38.4. The van der Waals surface area contributed by atoms with Crippen LogP contribution < -0.4 is 16.6 Å². The number of hydrogen-bond acceptors (Lipinski definition) is 4. The van der Waals surface area contributed by atoms with Crippen molar-refractivity contribution in [1.82, 2.24) is 19.7 Å². The number of hydrogen-bond donors (Lipinski definition) is 1. The van der Waals surface area contributed by atoms with Crippen molar-refractivity contribution in [2.75, 3.05) is 0 Å². The second-order valence-corrected chi connectivity index (χ2v) is 7.02. The molecule has 0 aliphatic carbocycles. The molecule has 0 saturated carbocycles. The Hall–Kier alpha value is -3.19. The maximum absolute atomic E-state index is 12.8. The van der Waals surface area contributed by atoms with Gasteiger partial charge >= 0.3 is 5.69 Å². The van der Waals surface area contributed by atoms with Crippen LogP contribution in [0.2, 0.25) is 5.02 Å². The standard InChI is InChI=1S/C21H21ClN4O3/c1-3-13-25-20(28)18(19(27)23-14(2)15-7-5-4-6-8-15)24-26(21(25)29)17-11-9-16(22)10-12-17/h4-12,14H,3,13H2,1-2H3,(H,23,27)/t14-/m0/s1. The van der Waals surface area contributed by atoms with E-state index in [1.165, 1.54) is 0 Å². The quantitative estimate of drug-likeness (QED) is 0.674. The van der Waals surface area contributed by atoms with E-state index in [9.17, 15) is 14.4 Å². The highest BCUT2D eigenvalue weighted by atomic mass is 35.5. The first-order valence-electron chi connectivity index (χ1n) is 9.28. The van der Waals surface area contributed by atoms with Crippen molar-refractivity contribution in [2.45, 2.75) is 32.9 Å². The van der Waals surface area contributed by atoms with Gasteiger partial charge in [0.25, 0.3) is 11.5 Å². The Balaban J connectivity index is 2.05. The minimum atomic E-state index is -0.708. The molecule has 3 aromatic rings. The molecule has 1 aromatic heterocycles. The van der Waals surface area contributed by atoms with Gasteiger partial charge in [-0.3, -0.25) is 14.2 Å². The number of carbonyl (C=O) groups excluding carboxylic acids is 1. The van der Waals surface area contributed by atoms with Crippen molar-refractivity contribution in [3.05, 3.63) is 91.7 Å². The third-order valence-electron chi connectivity index (χ3n) is 4.44. The first kappa shape index (κ1) is 20.5. The van der Waals surface area contributed by atoms with E-state index in [-0.39, 0.29) is 18.3 Å². The fraction of sp³-hybridized carbons (Fsp3) is 0.238. The van der Waals surface area contributed by atoms with E-state index >= 15 is 0 Å². The topological polar surface area (TPSA) is 86.0 Å². The number of aromatic nitrogens is 3. The Morgan fingerprint density at radius 1 is 1.10 bits per heavy atom. The lowest BCUT2D eigenvalue weighted by atomic mass is 10.1. The molecule has 7 nitrogen and oxygen atoms in total. The summed E-state index contributed by atoms with van der Waals surface area (Å²) >= 11 is 5.92. The fourth-order valence-corrected chi connectivity index (χ4v) is 3.04. The molecule has 8 heteroatoms. The van der Waals surface area contributed by atoms with Gasteiger partial charge in [0.2, 0.25) is 5.69 Å². The number of nitrogens with zero attached hydrogens (tertiary/aromatic N) is 3. The second-order valence-electron chi connectivity index (χ2n) is 6.58. The van der Waals surface area contributed by atoms with E-state index in [4.69, 9.17) is 11.6 Å². The molecule has 1 amide bonds. The highest BCUT2D eigenvalue weighted by molar-refractivity contribution is 6.30. The van der Waals surface area contributed by atoms with E-state index in [1.54, 1.807) is 24.3 Å². The van der Waals surface area contributed by atoms with Crippen LogP contribution in [0.15, 0.2) is 64.2 Å². The molecule has 3 rings (SSSR count). The Bertz CT molecular complexity index is 1120. The van der Waals surface area contributed by atoms with Crippen LogP contribution in [0.4, 0.5) is 0 Å². The first-order chi connectivity index (χ1) is 13.9. The number of carbonyl (C=O) groups is 1. The van der Waals surface area contributed by atoms with Gasteiger partial charge in [0.1, 0.15) is 0 Å². The molecular weight excluding hydrogens is 392 g/mol. The molecule has 0 fully saturated rings. The summed E-state index contributed by atoms with van der Waals surface area (Å²) in [5.41, 5.74) is -0.349. The van der Waals surface area contributed by atoms with Crippen molar-refractivity contribution in [3.63, 3.8) is 0 Å². The minimum Gasteiger partial charge on any atom is -0.344 e. The van der Waals surface area contributed by atoms with Crippen LogP contribution in [0.1, 0.15) is 42.4 Å². The largest absolute Gasteiger partial charge is 0.352 e. The normalized spacial score (nSPS) is 11.8. The molecule has 0 aliphatic heterocycles. The average Bonchev–Trinajstić information content (AvgIpc) is 2.72. The molecule has 1 atom stereocenters. The van der Waals surface area contributed by atoms with Gasteiger partial charge in [0, 0.05) is 11.6 Å². The lowest BCUT2D eigenvalue weighted by Crippen LogP contribution is -2.46. The van der Waals surface area contributed by atoms with E-state index in [2.05, 4.69) is 10.4 Å². The summed E-state index contributed by atoms with van der Waals surface area (Å²) in [5.74, 6) is -0.640. The molecule has 0 bridgehead atoms. The van der Waals surface area contributed by atoms with Crippen LogP contribution in [-0.2, 0) is 6.54 Å². The van der Waals surface area contributed by atoms with Gasteiger partial charge < -0.3 is 5.32 Å². The summed E-state index contributed by atoms with van der Waals surface area (Å²) in [6, 6.07) is 15.5. The van der Waals surface area contributed by atoms with Gasteiger partial charge in [0.15, 0.2) is 0 Å². The molecule has 0 unspecified atom stereocenters. The molecule has 150 valence electrons. The smallest absolute Gasteiger partial charge is 0.344 e. The first-order valence-corrected chi connectivity index (χ1v) is 9.66. The number of benzene rings is 2. The summed E-state index contributed by atoms with van der Waals surface area (Å²) in [6.07, 6.45) is 0.557. The highest BCUT2D eigenvalue weighted by Gasteiger charge is 2.21. The van der Waals surface area contributed by atoms with Crippen LogP contribution in [0, 0.1) is 0 Å². The average molecular weight is 413 g/mol. The summed E-state index contributed by atoms with van der Waals surface area (Å²) < 4.78 is 2.08. The van der Waals surface area contributed by atoms with Crippen LogP contribution in [-0.4, -0.2) is 20.3 Å². The van der Waals surface area contributed by atoms with E-state index < -0.39 is 17.2 Å². The third-order valence-corrected chi connectivity index (χ3v) is 4.69. The predicted molar refractivity (Wildman–Crippen MR) is 112 cm³/mol. The predicted octanol–water partition coefficient (Wildman–Crippen LogP) is 2.95. The van der Waals surface area contributed by atoms with Gasteiger partial charge in [-0.1, -0.05) is 48.9 Å². The zero-order chi connectivity index (χ0) is 21.0. The Morgan fingerprint density at radius 3 is 2.38 bits per heavy atom. The zero-order valence-corrected chi connectivity index (χ0v) is 16.9. The maximum Gasteiger partial charge on any atom is 0.352 e. The van der Waals surface area contributed by atoms with Crippen LogP contribution in [0.25, 0.3) is 5.69 Å².